The Hall–Kier alpha value is -1.00. The van der Waals surface area contributed by atoms with E-state index >= 15 is 0 Å². The van der Waals surface area contributed by atoms with Crippen molar-refractivity contribution in [3.63, 3.8) is 0 Å². The van der Waals surface area contributed by atoms with Crippen LogP contribution in [0.1, 0.15) is 45.4 Å². The molecule has 2 saturated heterocycles. The van der Waals surface area contributed by atoms with Crippen LogP contribution in [0, 0.1) is 5.41 Å². The van der Waals surface area contributed by atoms with Gasteiger partial charge in [-0.3, -0.25) is 4.90 Å². The lowest BCUT2D eigenvalue weighted by atomic mass is 9.67. The number of rotatable bonds is 4. The molecule has 4 rings (SSSR count). The number of hydrogen-bond donors (Lipinski definition) is 1. The van der Waals surface area contributed by atoms with Gasteiger partial charge < -0.3 is 5.11 Å². The molecule has 0 amide bonds. The lowest BCUT2D eigenvalue weighted by Gasteiger charge is -2.37. The molecular formula is C19H28N2OS. The van der Waals surface area contributed by atoms with Gasteiger partial charge in [-0.25, -0.2) is 4.40 Å². The standard InChI is InChI=1S/C19H28N2OS/c1-3-23-20-18-14-21(2)16-9-11-19(18,12-10-16)13-15-5-4-6-17(22)8-7-15/h4-5,7-8,16,22H,3,6,9-14H2,1-2H3. The highest BCUT2D eigenvalue weighted by molar-refractivity contribution is 7.98. The number of aliphatic hydroxyl groups excluding tert-OH is 1. The van der Waals surface area contributed by atoms with E-state index in [1.54, 1.807) is 11.9 Å². The lowest BCUT2D eigenvalue weighted by Crippen LogP contribution is -2.34. The predicted molar refractivity (Wildman–Crippen MR) is 100 cm³/mol. The topological polar surface area (TPSA) is 35.8 Å². The van der Waals surface area contributed by atoms with Gasteiger partial charge in [0, 0.05) is 35.9 Å². The number of hydrogen-bond acceptors (Lipinski definition) is 4. The third-order valence-corrected chi connectivity index (χ3v) is 6.15. The third kappa shape index (κ3) is 3.74. The first-order chi connectivity index (χ1) is 11.1. The van der Waals surface area contributed by atoms with Crippen LogP contribution in [-0.4, -0.2) is 41.1 Å². The summed E-state index contributed by atoms with van der Waals surface area (Å²) in [5.74, 6) is 1.49. The molecule has 0 aromatic carbocycles. The predicted octanol–water partition coefficient (Wildman–Crippen LogP) is 4.69. The molecule has 0 unspecified atom stereocenters. The molecule has 2 heterocycles. The molecule has 2 aliphatic carbocycles. The molecule has 0 atom stereocenters. The van der Waals surface area contributed by atoms with E-state index in [-0.39, 0.29) is 5.41 Å². The summed E-state index contributed by atoms with van der Waals surface area (Å²) in [7, 11) is 2.25. The normalized spacial score (nSPS) is 33.3. The van der Waals surface area contributed by atoms with Crippen LogP contribution < -0.4 is 0 Å². The molecule has 1 saturated carbocycles. The van der Waals surface area contributed by atoms with Crippen molar-refractivity contribution in [2.24, 2.45) is 9.81 Å². The van der Waals surface area contributed by atoms with Gasteiger partial charge in [0.25, 0.3) is 0 Å². The fourth-order valence-electron chi connectivity index (χ4n) is 4.13. The van der Waals surface area contributed by atoms with Gasteiger partial charge in [-0.15, -0.1) is 0 Å². The van der Waals surface area contributed by atoms with Crippen LogP contribution in [0.25, 0.3) is 0 Å². The molecule has 3 nitrogen and oxygen atoms in total. The van der Waals surface area contributed by atoms with E-state index in [0.29, 0.717) is 12.2 Å². The van der Waals surface area contributed by atoms with Crippen LogP contribution in [0.3, 0.4) is 0 Å². The Bertz CT molecular complexity index is 554. The average molecular weight is 333 g/mol. The van der Waals surface area contributed by atoms with E-state index in [1.165, 1.54) is 37.0 Å². The number of fused-ring (bicyclic) bond motifs is 4. The van der Waals surface area contributed by atoms with Gasteiger partial charge in [-0.2, -0.15) is 0 Å². The van der Waals surface area contributed by atoms with Crippen LogP contribution >= 0.6 is 11.9 Å². The largest absolute Gasteiger partial charge is 0.512 e. The smallest absolute Gasteiger partial charge is 0.0960 e. The molecule has 2 aliphatic heterocycles. The molecule has 1 N–H and O–H groups in total. The van der Waals surface area contributed by atoms with E-state index < -0.39 is 0 Å². The van der Waals surface area contributed by atoms with E-state index in [1.807, 2.05) is 6.08 Å². The van der Waals surface area contributed by atoms with Crippen molar-refractivity contribution >= 4 is 17.7 Å². The SMILES string of the molecule is CCSN=C1CN(C)C2CCC1(CC1=CC=C(O)CC=C1)CC2. The first-order valence-electron chi connectivity index (χ1n) is 8.78. The maximum Gasteiger partial charge on any atom is 0.0960 e. The zero-order valence-electron chi connectivity index (χ0n) is 14.3. The summed E-state index contributed by atoms with van der Waals surface area (Å²) in [6.45, 7) is 3.18. The van der Waals surface area contributed by atoms with Gasteiger partial charge in [0.2, 0.25) is 0 Å². The van der Waals surface area contributed by atoms with Gasteiger partial charge >= 0.3 is 0 Å². The minimum absolute atomic E-state index is 0.216. The highest BCUT2D eigenvalue weighted by Crippen LogP contribution is 2.47. The fraction of sp³-hybridized carbons (Fsp3) is 0.632. The molecule has 3 fully saturated rings. The summed E-state index contributed by atoms with van der Waals surface area (Å²) in [5, 5.41) is 9.72. The Balaban J connectivity index is 1.89. The Morgan fingerprint density at radius 3 is 2.87 bits per heavy atom. The second-order valence-corrected chi connectivity index (χ2v) is 8.08. The maximum atomic E-state index is 9.72. The van der Waals surface area contributed by atoms with Crippen molar-refractivity contribution in [2.45, 2.75) is 51.5 Å². The summed E-state index contributed by atoms with van der Waals surface area (Å²) < 4.78 is 4.94. The first-order valence-corrected chi connectivity index (χ1v) is 9.72. The molecule has 126 valence electrons. The summed E-state index contributed by atoms with van der Waals surface area (Å²) in [6.07, 6.45) is 15.0. The van der Waals surface area contributed by atoms with Crippen molar-refractivity contribution in [1.29, 1.82) is 0 Å². The number of aliphatic hydroxyl groups is 1. The molecule has 2 bridgehead atoms. The van der Waals surface area contributed by atoms with Gasteiger partial charge in [0.1, 0.15) is 0 Å². The van der Waals surface area contributed by atoms with Crippen LogP contribution in [0.2, 0.25) is 0 Å². The Morgan fingerprint density at radius 2 is 2.13 bits per heavy atom. The van der Waals surface area contributed by atoms with Crippen molar-refractivity contribution in [2.75, 3.05) is 19.3 Å². The lowest BCUT2D eigenvalue weighted by molar-refractivity contribution is 0.189. The van der Waals surface area contributed by atoms with Crippen molar-refractivity contribution < 1.29 is 5.11 Å². The van der Waals surface area contributed by atoms with Crippen molar-refractivity contribution in [1.82, 2.24) is 4.90 Å². The molecule has 4 aliphatic rings. The average Bonchev–Trinajstić information content (AvgIpc) is 2.88. The second-order valence-electron chi connectivity index (χ2n) is 7.07. The quantitative estimate of drug-likeness (QED) is 0.759. The van der Waals surface area contributed by atoms with Gasteiger partial charge in [-0.1, -0.05) is 25.2 Å². The number of nitrogens with zero attached hydrogens (tertiary/aromatic N) is 2. The maximum absolute atomic E-state index is 9.72. The molecule has 0 aromatic rings. The van der Waals surface area contributed by atoms with E-state index in [9.17, 15) is 5.11 Å². The summed E-state index contributed by atoms with van der Waals surface area (Å²) >= 11 is 1.70. The molecule has 0 spiro atoms. The van der Waals surface area contributed by atoms with Crippen LogP contribution in [-0.2, 0) is 0 Å². The zero-order valence-corrected chi connectivity index (χ0v) is 15.1. The highest BCUT2D eigenvalue weighted by Gasteiger charge is 2.44. The molecule has 23 heavy (non-hydrogen) atoms. The van der Waals surface area contributed by atoms with Crippen LogP contribution in [0.5, 0.6) is 0 Å². The van der Waals surface area contributed by atoms with Crippen LogP contribution in [0.4, 0.5) is 0 Å². The Kier molecular flexibility index (Phi) is 5.32. The van der Waals surface area contributed by atoms with Crippen LogP contribution in [0.15, 0.2) is 40.0 Å². The molecule has 4 heteroatoms. The van der Waals surface area contributed by atoms with E-state index in [4.69, 9.17) is 4.40 Å². The van der Waals surface area contributed by atoms with Gasteiger partial charge in [0.15, 0.2) is 0 Å². The highest BCUT2D eigenvalue weighted by atomic mass is 32.2. The molecule has 0 aromatic heterocycles. The first kappa shape index (κ1) is 16.8. The van der Waals surface area contributed by atoms with E-state index in [0.717, 1.165) is 24.8 Å². The summed E-state index contributed by atoms with van der Waals surface area (Å²) in [6, 6.07) is 0.727. The zero-order chi connectivity index (χ0) is 16.3. The summed E-state index contributed by atoms with van der Waals surface area (Å²) in [5.41, 5.74) is 2.93. The Morgan fingerprint density at radius 1 is 1.35 bits per heavy atom. The monoisotopic (exact) mass is 332 g/mol. The molecule has 0 radical (unpaired) electrons. The number of allylic oxidation sites excluding steroid dienone is 5. The Labute approximate surface area is 144 Å². The van der Waals surface area contributed by atoms with Crippen molar-refractivity contribution in [3.8, 4) is 0 Å². The minimum atomic E-state index is 0.216. The van der Waals surface area contributed by atoms with Crippen molar-refractivity contribution in [3.05, 3.63) is 35.6 Å². The molecular weight excluding hydrogens is 304 g/mol. The van der Waals surface area contributed by atoms with Gasteiger partial charge in [-0.05, 0) is 62.7 Å². The second kappa shape index (κ2) is 7.27. The minimum Gasteiger partial charge on any atom is -0.512 e. The van der Waals surface area contributed by atoms with Gasteiger partial charge in [0.05, 0.1) is 5.76 Å². The third-order valence-electron chi connectivity index (χ3n) is 5.54. The summed E-state index contributed by atoms with van der Waals surface area (Å²) in [4.78, 5) is 2.51. The fourth-order valence-corrected chi connectivity index (χ4v) is 4.67. The van der Waals surface area contributed by atoms with E-state index in [2.05, 4.69) is 37.1 Å².